The molecule has 2 aromatic carbocycles. The highest BCUT2D eigenvalue weighted by atomic mass is 79.9. The van der Waals surface area contributed by atoms with Crippen LogP contribution in [0.25, 0.3) is 0 Å². The minimum Gasteiger partial charge on any atom is -0.489 e. The summed E-state index contributed by atoms with van der Waals surface area (Å²) in [5, 5.41) is 0. The lowest BCUT2D eigenvalue weighted by atomic mass is 10.1. The fourth-order valence-corrected chi connectivity index (χ4v) is 2.19. The molecule has 0 saturated carbocycles. The molecule has 20 heavy (non-hydrogen) atoms. The highest BCUT2D eigenvalue weighted by Crippen LogP contribution is 2.22. The van der Waals surface area contributed by atoms with E-state index in [1.807, 2.05) is 0 Å². The molecular weight excluding hydrogens is 328 g/mol. The first kappa shape index (κ1) is 14.9. The summed E-state index contributed by atoms with van der Waals surface area (Å²) in [6.45, 7) is 1.95. The molecular formula is C15H14BrF2NO. The van der Waals surface area contributed by atoms with Crippen molar-refractivity contribution in [2.45, 2.75) is 19.6 Å². The third-order valence-corrected chi connectivity index (χ3v) is 3.46. The van der Waals surface area contributed by atoms with E-state index in [0.29, 0.717) is 15.8 Å². The number of rotatable bonds is 4. The summed E-state index contributed by atoms with van der Waals surface area (Å²) in [5.41, 5.74) is 6.87. The minimum atomic E-state index is -0.391. The van der Waals surface area contributed by atoms with Gasteiger partial charge in [0.25, 0.3) is 0 Å². The first-order valence-electron chi connectivity index (χ1n) is 6.09. The van der Waals surface area contributed by atoms with Gasteiger partial charge in [0, 0.05) is 17.7 Å². The number of halogens is 3. The maximum atomic E-state index is 13.7. The molecule has 0 aliphatic rings. The van der Waals surface area contributed by atoms with E-state index in [9.17, 15) is 8.78 Å². The molecule has 106 valence electrons. The van der Waals surface area contributed by atoms with Crippen molar-refractivity contribution in [3.8, 4) is 5.75 Å². The number of hydrogen-bond donors (Lipinski definition) is 1. The zero-order chi connectivity index (χ0) is 14.7. The van der Waals surface area contributed by atoms with Gasteiger partial charge >= 0.3 is 0 Å². The largest absolute Gasteiger partial charge is 0.489 e. The molecule has 5 heteroatoms. The minimum absolute atomic E-state index is 0.232. The third-order valence-electron chi connectivity index (χ3n) is 2.85. The van der Waals surface area contributed by atoms with Gasteiger partial charge in [-0.2, -0.15) is 0 Å². The van der Waals surface area contributed by atoms with Crippen molar-refractivity contribution in [3.05, 3.63) is 63.6 Å². The second-order valence-electron chi connectivity index (χ2n) is 4.51. The molecule has 2 nitrogen and oxygen atoms in total. The van der Waals surface area contributed by atoms with Gasteiger partial charge in [-0.3, -0.25) is 0 Å². The van der Waals surface area contributed by atoms with E-state index in [4.69, 9.17) is 10.5 Å². The predicted molar refractivity (Wildman–Crippen MR) is 77.4 cm³/mol. The van der Waals surface area contributed by atoms with Gasteiger partial charge in [0.1, 0.15) is 24.0 Å². The lowest BCUT2D eigenvalue weighted by Gasteiger charge is -2.10. The molecule has 0 aliphatic carbocycles. The molecule has 0 unspecified atom stereocenters. The maximum absolute atomic E-state index is 13.7. The van der Waals surface area contributed by atoms with Crippen molar-refractivity contribution in [3.63, 3.8) is 0 Å². The van der Waals surface area contributed by atoms with Crippen LogP contribution in [0.3, 0.4) is 0 Å². The first-order valence-corrected chi connectivity index (χ1v) is 6.88. The normalized spacial score (nSPS) is 12.2. The van der Waals surface area contributed by atoms with Gasteiger partial charge in [-0.15, -0.1) is 0 Å². The molecule has 0 heterocycles. The number of hydrogen-bond acceptors (Lipinski definition) is 2. The Morgan fingerprint density at radius 2 is 1.90 bits per heavy atom. The van der Waals surface area contributed by atoms with Gasteiger partial charge in [0.05, 0.1) is 4.47 Å². The Bertz CT molecular complexity index is 617. The van der Waals surface area contributed by atoms with Gasteiger partial charge in [0.2, 0.25) is 0 Å². The molecule has 1 atom stereocenters. The van der Waals surface area contributed by atoms with E-state index >= 15 is 0 Å². The van der Waals surface area contributed by atoms with Gasteiger partial charge < -0.3 is 10.5 Å². The van der Waals surface area contributed by atoms with E-state index < -0.39 is 5.82 Å². The summed E-state index contributed by atoms with van der Waals surface area (Å²) in [6.07, 6.45) is 0. The molecule has 0 saturated heterocycles. The van der Waals surface area contributed by atoms with E-state index in [0.717, 1.165) is 5.56 Å². The molecule has 0 fully saturated rings. The SMILES string of the molecule is C[C@@H](N)c1ccc(OCc2ccc(F)c(Br)c2)cc1F. The van der Waals surface area contributed by atoms with Crippen LogP contribution < -0.4 is 10.5 Å². The van der Waals surface area contributed by atoms with Gasteiger partial charge in [-0.1, -0.05) is 12.1 Å². The lowest BCUT2D eigenvalue weighted by Crippen LogP contribution is -2.07. The van der Waals surface area contributed by atoms with Crippen molar-refractivity contribution < 1.29 is 13.5 Å². The molecule has 2 N–H and O–H groups in total. The predicted octanol–water partition coefficient (Wildman–Crippen LogP) is 4.33. The average molecular weight is 342 g/mol. The molecule has 0 aromatic heterocycles. The number of nitrogens with two attached hydrogens (primary N) is 1. The van der Waals surface area contributed by atoms with Crippen LogP contribution in [0.4, 0.5) is 8.78 Å². The van der Waals surface area contributed by atoms with Crippen LogP contribution in [-0.4, -0.2) is 0 Å². The van der Waals surface area contributed by atoms with Gasteiger partial charge in [-0.05, 0) is 46.6 Å². The molecule has 0 amide bonds. The Morgan fingerprint density at radius 1 is 1.15 bits per heavy atom. The summed E-state index contributed by atoms with van der Waals surface area (Å²) in [7, 11) is 0. The summed E-state index contributed by atoms with van der Waals surface area (Å²) >= 11 is 3.10. The second kappa shape index (κ2) is 6.33. The Labute approximate surface area is 124 Å². The van der Waals surface area contributed by atoms with E-state index in [-0.39, 0.29) is 18.5 Å². The van der Waals surface area contributed by atoms with Crippen molar-refractivity contribution in [1.82, 2.24) is 0 Å². The van der Waals surface area contributed by atoms with E-state index in [1.165, 1.54) is 12.1 Å². The maximum Gasteiger partial charge on any atom is 0.137 e. The zero-order valence-electron chi connectivity index (χ0n) is 10.9. The first-order chi connectivity index (χ1) is 9.47. The quantitative estimate of drug-likeness (QED) is 0.898. The fourth-order valence-electron chi connectivity index (χ4n) is 1.76. The summed E-state index contributed by atoms with van der Waals surface area (Å²) in [5.74, 6) is -0.314. The Balaban J connectivity index is 2.07. The lowest BCUT2D eigenvalue weighted by molar-refractivity contribution is 0.304. The van der Waals surface area contributed by atoms with Crippen LogP contribution in [-0.2, 0) is 6.61 Å². The standard InChI is InChI=1S/C15H14BrF2NO/c1-9(19)12-4-3-11(7-15(12)18)20-8-10-2-5-14(17)13(16)6-10/h2-7,9H,8,19H2,1H3/t9-/m1/s1. The zero-order valence-corrected chi connectivity index (χ0v) is 12.5. The average Bonchev–Trinajstić information content (AvgIpc) is 2.40. The van der Waals surface area contributed by atoms with Crippen molar-refractivity contribution in [2.24, 2.45) is 5.73 Å². The fraction of sp³-hybridized carbons (Fsp3) is 0.200. The van der Waals surface area contributed by atoms with Crippen LogP contribution in [0.15, 0.2) is 40.9 Å². The smallest absolute Gasteiger partial charge is 0.137 e. The molecule has 2 rings (SSSR count). The van der Waals surface area contributed by atoms with Crippen LogP contribution in [0.2, 0.25) is 0 Å². The molecule has 0 spiro atoms. The highest BCUT2D eigenvalue weighted by Gasteiger charge is 2.08. The number of benzene rings is 2. The topological polar surface area (TPSA) is 35.2 Å². The van der Waals surface area contributed by atoms with Crippen molar-refractivity contribution in [1.29, 1.82) is 0 Å². The molecule has 2 aromatic rings. The van der Waals surface area contributed by atoms with Gasteiger partial charge in [-0.25, -0.2) is 8.78 Å². The van der Waals surface area contributed by atoms with Crippen LogP contribution in [0.5, 0.6) is 5.75 Å². The summed E-state index contributed by atoms with van der Waals surface area (Å²) in [4.78, 5) is 0. The van der Waals surface area contributed by atoms with Crippen LogP contribution in [0.1, 0.15) is 24.1 Å². The Hall–Kier alpha value is -1.46. The molecule has 0 bridgehead atoms. The van der Waals surface area contributed by atoms with Crippen molar-refractivity contribution >= 4 is 15.9 Å². The molecule has 0 aliphatic heterocycles. The number of ether oxygens (including phenoxy) is 1. The van der Waals surface area contributed by atoms with Crippen LogP contribution >= 0.6 is 15.9 Å². The summed E-state index contributed by atoms with van der Waals surface area (Å²) in [6, 6.07) is 8.81. The Kier molecular flexibility index (Phi) is 4.73. The summed E-state index contributed by atoms with van der Waals surface area (Å²) < 4.78 is 32.7. The van der Waals surface area contributed by atoms with Crippen LogP contribution in [0, 0.1) is 11.6 Å². The monoisotopic (exact) mass is 341 g/mol. The highest BCUT2D eigenvalue weighted by molar-refractivity contribution is 9.10. The Morgan fingerprint density at radius 3 is 2.50 bits per heavy atom. The molecule has 0 radical (unpaired) electrons. The van der Waals surface area contributed by atoms with Gasteiger partial charge in [0.15, 0.2) is 0 Å². The second-order valence-corrected chi connectivity index (χ2v) is 5.36. The van der Waals surface area contributed by atoms with E-state index in [2.05, 4.69) is 15.9 Å². The third kappa shape index (κ3) is 3.55. The van der Waals surface area contributed by atoms with Crippen molar-refractivity contribution in [2.75, 3.05) is 0 Å². The van der Waals surface area contributed by atoms with E-state index in [1.54, 1.807) is 31.2 Å².